The molecule has 0 unspecified atom stereocenters. The highest BCUT2D eigenvalue weighted by molar-refractivity contribution is 6.31. The fourth-order valence-electron chi connectivity index (χ4n) is 2.01. The number of benzene rings is 2. The van der Waals surface area contributed by atoms with Crippen LogP contribution >= 0.6 is 11.6 Å². The van der Waals surface area contributed by atoms with Gasteiger partial charge in [-0.1, -0.05) is 23.7 Å². The van der Waals surface area contributed by atoms with E-state index < -0.39 is 0 Å². The Bertz CT molecular complexity index is 721. The summed E-state index contributed by atoms with van der Waals surface area (Å²) in [5, 5.41) is 12.4. The maximum absolute atomic E-state index is 6.13. The van der Waals surface area contributed by atoms with Gasteiger partial charge in [0, 0.05) is 17.3 Å². The summed E-state index contributed by atoms with van der Waals surface area (Å²) in [5.74, 6) is 0. The van der Waals surface area contributed by atoms with Gasteiger partial charge < -0.3 is 5.32 Å². The van der Waals surface area contributed by atoms with Crippen LogP contribution < -0.4 is 5.32 Å². The highest BCUT2D eigenvalue weighted by Gasteiger charge is 2.00. The Morgan fingerprint density at radius 2 is 1.76 bits per heavy atom. The Balaban J connectivity index is 1.66. The molecule has 0 aliphatic carbocycles. The molecule has 0 spiro atoms. The first-order valence-electron chi connectivity index (χ1n) is 6.68. The van der Waals surface area contributed by atoms with Crippen molar-refractivity contribution in [2.24, 2.45) is 0 Å². The minimum atomic E-state index is 0.735. The van der Waals surface area contributed by atoms with Crippen molar-refractivity contribution in [2.45, 2.75) is 13.5 Å². The highest BCUT2D eigenvalue weighted by Crippen LogP contribution is 2.18. The second kappa shape index (κ2) is 5.97. The lowest BCUT2D eigenvalue weighted by molar-refractivity contribution is 0.752. The van der Waals surface area contributed by atoms with E-state index >= 15 is 0 Å². The van der Waals surface area contributed by atoms with Gasteiger partial charge in [-0.05, 0) is 48.4 Å². The maximum atomic E-state index is 6.13. The van der Waals surface area contributed by atoms with E-state index in [9.17, 15) is 0 Å². The second-order valence-electron chi connectivity index (χ2n) is 4.80. The molecule has 21 heavy (non-hydrogen) atoms. The number of nitrogens with zero attached hydrogens (tertiary/aromatic N) is 3. The number of hydrogen-bond acceptors (Lipinski definition) is 3. The zero-order valence-electron chi connectivity index (χ0n) is 11.6. The Hall–Kier alpha value is -2.33. The van der Waals surface area contributed by atoms with Gasteiger partial charge in [0.1, 0.15) is 0 Å². The predicted molar refractivity (Wildman–Crippen MR) is 84.9 cm³/mol. The number of halogens is 1. The van der Waals surface area contributed by atoms with Crippen LogP contribution in [0, 0.1) is 6.92 Å². The van der Waals surface area contributed by atoms with E-state index in [0.717, 1.165) is 34.1 Å². The molecule has 0 saturated heterocycles. The zero-order chi connectivity index (χ0) is 14.7. The van der Waals surface area contributed by atoms with Gasteiger partial charge >= 0.3 is 0 Å². The molecule has 1 aromatic heterocycles. The maximum Gasteiger partial charge on any atom is 0.0858 e. The minimum Gasteiger partial charge on any atom is -0.381 e. The number of nitrogens with one attached hydrogen (secondary N) is 1. The van der Waals surface area contributed by atoms with Crippen molar-refractivity contribution in [1.82, 2.24) is 15.0 Å². The fraction of sp³-hybridized carbons (Fsp3) is 0.125. The molecule has 106 valence electrons. The summed E-state index contributed by atoms with van der Waals surface area (Å²) >= 11 is 6.13. The Morgan fingerprint density at radius 3 is 2.43 bits per heavy atom. The minimum absolute atomic E-state index is 0.735. The molecular formula is C16H15ClN4. The lowest BCUT2D eigenvalue weighted by Crippen LogP contribution is -2.01. The average molecular weight is 299 g/mol. The van der Waals surface area contributed by atoms with Gasteiger partial charge in [-0.2, -0.15) is 15.0 Å². The molecule has 2 aromatic carbocycles. The van der Waals surface area contributed by atoms with E-state index in [0.29, 0.717) is 0 Å². The van der Waals surface area contributed by atoms with E-state index in [2.05, 4.69) is 21.6 Å². The van der Waals surface area contributed by atoms with Crippen LogP contribution in [0.25, 0.3) is 5.69 Å². The van der Waals surface area contributed by atoms with Crippen molar-refractivity contribution in [3.63, 3.8) is 0 Å². The summed E-state index contributed by atoms with van der Waals surface area (Å²) < 4.78 is 0. The fourth-order valence-corrected chi connectivity index (χ4v) is 2.22. The van der Waals surface area contributed by atoms with Gasteiger partial charge in [-0.15, -0.1) is 0 Å². The predicted octanol–water partition coefficient (Wildman–Crippen LogP) is 3.84. The van der Waals surface area contributed by atoms with Crippen LogP contribution in [0.5, 0.6) is 0 Å². The largest absolute Gasteiger partial charge is 0.381 e. The number of rotatable bonds is 4. The third-order valence-electron chi connectivity index (χ3n) is 3.25. The molecule has 0 saturated carbocycles. The number of anilines is 1. The van der Waals surface area contributed by atoms with E-state index in [1.807, 2.05) is 43.3 Å². The molecule has 0 atom stereocenters. The quantitative estimate of drug-likeness (QED) is 0.796. The molecule has 0 aliphatic rings. The number of aryl methyl sites for hydroxylation is 1. The third-order valence-corrected chi connectivity index (χ3v) is 3.66. The van der Waals surface area contributed by atoms with Gasteiger partial charge in [0.2, 0.25) is 0 Å². The van der Waals surface area contributed by atoms with Crippen LogP contribution in [0.2, 0.25) is 5.02 Å². The number of hydrogen-bond donors (Lipinski definition) is 1. The summed E-state index contributed by atoms with van der Waals surface area (Å²) in [6, 6.07) is 14.1. The Labute approximate surface area is 128 Å². The van der Waals surface area contributed by atoms with Gasteiger partial charge in [0.15, 0.2) is 0 Å². The van der Waals surface area contributed by atoms with E-state index in [-0.39, 0.29) is 0 Å². The summed E-state index contributed by atoms with van der Waals surface area (Å²) in [7, 11) is 0. The molecular weight excluding hydrogens is 284 g/mol. The van der Waals surface area contributed by atoms with E-state index in [1.54, 1.807) is 17.2 Å². The van der Waals surface area contributed by atoms with Crippen LogP contribution in [0.15, 0.2) is 54.9 Å². The monoisotopic (exact) mass is 298 g/mol. The van der Waals surface area contributed by atoms with Gasteiger partial charge in [0.25, 0.3) is 0 Å². The van der Waals surface area contributed by atoms with Crippen LogP contribution in [-0.2, 0) is 6.54 Å². The molecule has 4 nitrogen and oxygen atoms in total. The van der Waals surface area contributed by atoms with Crippen molar-refractivity contribution < 1.29 is 0 Å². The lowest BCUT2D eigenvalue weighted by Gasteiger charge is -2.08. The average Bonchev–Trinajstić information content (AvgIpc) is 3.03. The summed E-state index contributed by atoms with van der Waals surface area (Å²) in [6.45, 7) is 2.74. The first-order chi connectivity index (χ1) is 10.2. The van der Waals surface area contributed by atoms with Gasteiger partial charge in [-0.25, -0.2) is 0 Å². The molecule has 0 fully saturated rings. The smallest absolute Gasteiger partial charge is 0.0858 e. The van der Waals surface area contributed by atoms with Crippen molar-refractivity contribution in [1.29, 1.82) is 0 Å². The summed E-state index contributed by atoms with van der Waals surface area (Å²) in [6.07, 6.45) is 3.32. The van der Waals surface area contributed by atoms with E-state index in [1.165, 1.54) is 0 Å². The number of aromatic nitrogens is 3. The summed E-state index contributed by atoms with van der Waals surface area (Å²) in [5.41, 5.74) is 4.23. The van der Waals surface area contributed by atoms with Crippen molar-refractivity contribution >= 4 is 17.3 Å². The normalized spacial score (nSPS) is 10.6. The van der Waals surface area contributed by atoms with Crippen molar-refractivity contribution in [2.75, 3.05) is 5.32 Å². The molecule has 3 aromatic rings. The molecule has 1 N–H and O–H groups in total. The molecule has 1 heterocycles. The topological polar surface area (TPSA) is 42.7 Å². The van der Waals surface area contributed by atoms with Crippen molar-refractivity contribution in [3.05, 3.63) is 71.0 Å². The molecule has 0 amide bonds. The first-order valence-corrected chi connectivity index (χ1v) is 7.06. The second-order valence-corrected chi connectivity index (χ2v) is 5.21. The zero-order valence-corrected chi connectivity index (χ0v) is 12.4. The molecule has 0 aliphatic heterocycles. The van der Waals surface area contributed by atoms with Crippen molar-refractivity contribution in [3.8, 4) is 5.69 Å². The SMILES string of the molecule is Cc1ccc(CNc2ccc(-n3nccn3)cc2)cc1Cl. The highest BCUT2D eigenvalue weighted by atomic mass is 35.5. The first kappa shape index (κ1) is 13.6. The van der Waals surface area contributed by atoms with Crippen LogP contribution in [0.3, 0.4) is 0 Å². The lowest BCUT2D eigenvalue weighted by atomic mass is 10.1. The third kappa shape index (κ3) is 3.23. The van der Waals surface area contributed by atoms with Crippen LogP contribution in [0.1, 0.15) is 11.1 Å². The molecule has 3 rings (SSSR count). The molecule has 0 bridgehead atoms. The molecule has 5 heteroatoms. The summed E-state index contributed by atoms with van der Waals surface area (Å²) in [4.78, 5) is 1.59. The van der Waals surface area contributed by atoms with Gasteiger partial charge in [0.05, 0.1) is 18.1 Å². The van der Waals surface area contributed by atoms with E-state index in [4.69, 9.17) is 11.6 Å². The Morgan fingerprint density at radius 1 is 1.05 bits per heavy atom. The Kier molecular flexibility index (Phi) is 3.88. The standard InChI is InChI=1S/C16H15ClN4/c1-12-2-3-13(10-16(12)17)11-18-14-4-6-15(7-5-14)21-19-8-9-20-21/h2-10,18H,11H2,1H3. The molecule has 0 radical (unpaired) electrons. The van der Waals surface area contributed by atoms with Crippen LogP contribution in [0.4, 0.5) is 5.69 Å². The van der Waals surface area contributed by atoms with Gasteiger partial charge in [-0.3, -0.25) is 0 Å². The van der Waals surface area contributed by atoms with Crippen LogP contribution in [-0.4, -0.2) is 15.0 Å².